The van der Waals surface area contributed by atoms with Crippen molar-refractivity contribution in [3.8, 4) is 0 Å². The number of benzene rings is 2. The molecule has 0 aliphatic carbocycles. The van der Waals surface area contributed by atoms with Crippen LogP contribution in [0.25, 0.3) is 10.8 Å². The van der Waals surface area contributed by atoms with Gasteiger partial charge in [-0.1, -0.05) is 50.2 Å². The number of hydrogen-bond donors (Lipinski definition) is 0. The molecule has 2 aromatic carbocycles. The smallest absolute Gasteiger partial charge is 0.00643 e. The topological polar surface area (TPSA) is 0 Å². The highest BCUT2D eigenvalue weighted by Crippen LogP contribution is 2.16. The molecule has 0 bridgehead atoms. The van der Waals surface area contributed by atoms with E-state index < -0.39 is 0 Å². The van der Waals surface area contributed by atoms with Crippen molar-refractivity contribution < 1.29 is 0 Å². The van der Waals surface area contributed by atoms with E-state index in [9.17, 15) is 0 Å². The number of fused-ring (bicyclic) bond motifs is 1. The maximum Gasteiger partial charge on any atom is -0.00643 e. The Morgan fingerprint density at radius 2 is 1.87 bits per heavy atom. The lowest BCUT2D eigenvalue weighted by atomic mass is 10.00. The zero-order chi connectivity index (χ0) is 10.7. The average Bonchev–Trinajstić information content (AvgIpc) is 2.26. The predicted octanol–water partition coefficient (Wildman–Crippen LogP) is 4.23. The lowest BCUT2D eigenvalue weighted by molar-refractivity contribution is 0.586. The second kappa shape index (κ2) is 4.48. The molecule has 1 radical (unpaired) electrons. The van der Waals surface area contributed by atoms with E-state index >= 15 is 0 Å². The third-order valence-electron chi connectivity index (χ3n) is 2.71. The SMILES string of the molecule is CC(C)CCc1[c]c2ccccc2cc1. The number of rotatable bonds is 3. The first-order valence-electron chi connectivity index (χ1n) is 5.65. The van der Waals surface area contributed by atoms with Crippen LogP contribution in [-0.4, -0.2) is 0 Å². The molecule has 0 heteroatoms. The van der Waals surface area contributed by atoms with Crippen LogP contribution < -0.4 is 0 Å². The summed E-state index contributed by atoms with van der Waals surface area (Å²) in [6, 6.07) is 16.3. The molecule has 0 amide bonds. The summed E-state index contributed by atoms with van der Waals surface area (Å²) in [7, 11) is 0. The molecular formula is C15H17. The molecule has 2 rings (SSSR count). The quantitative estimate of drug-likeness (QED) is 0.690. The molecule has 0 spiro atoms. The minimum atomic E-state index is 0.768. The van der Waals surface area contributed by atoms with Crippen molar-refractivity contribution in [3.63, 3.8) is 0 Å². The predicted molar refractivity (Wildman–Crippen MR) is 65.9 cm³/mol. The summed E-state index contributed by atoms with van der Waals surface area (Å²) in [5.41, 5.74) is 1.34. The highest BCUT2D eigenvalue weighted by atomic mass is 14.0. The minimum Gasteiger partial charge on any atom is -0.0628 e. The maximum atomic E-state index is 3.48. The van der Waals surface area contributed by atoms with Crippen LogP contribution in [0.3, 0.4) is 0 Å². The highest BCUT2D eigenvalue weighted by molar-refractivity contribution is 5.82. The Morgan fingerprint density at radius 3 is 2.67 bits per heavy atom. The van der Waals surface area contributed by atoms with Gasteiger partial charge in [0, 0.05) is 0 Å². The van der Waals surface area contributed by atoms with Gasteiger partial charge in [0.15, 0.2) is 0 Å². The Morgan fingerprint density at radius 1 is 1.07 bits per heavy atom. The van der Waals surface area contributed by atoms with Gasteiger partial charge in [0.1, 0.15) is 0 Å². The van der Waals surface area contributed by atoms with Crippen molar-refractivity contribution >= 4 is 10.8 Å². The van der Waals surface area contributed by atoms with Crippen LogP contribution >= 0.6 is 0 Å². The van der Waals surface area contributed by atoms with Crippen LogP contribution in [0.1, 0.15) is 25.8 Å². The molecule has 0 atom stereocenters. The Labute approximate surface area is 91.9 Å². The molecular weight excluding hydrogens is 180 g/mol. The minimum absolute atomic E-state index is 0.768. The van der Waals surface area contributed by atoms with E-state index in [1.165, 1.54) is 22.8 Å². The summed E-state index contributed by atoms with van der Waals surface area (Å²) < 4.78 is 0. The molecule has 0 aliphatic rings. The molecule has 0 heterocycles. The lowest BCUT2D eigenvalue weighted by Crippen LogP contribution is -1.92. The van der Waals surface area contributed by atoms with Gasteiger partial charge in [-0.25, -0.2) is 0 Å². The number of aryl methyl sites for hydroxylation is 1. The summed E-state index contributed by atoms with van der Waals surface area (Å²) in [5, 5.41) is 2.52. The fourth-order valence-corrected chi connectivity index (χ4v) is 1.75. The van der Waals surface area contributed by atoms with Crippen LogP contribution in [0, 0.1) is 12.0 Å². The Kier molecular flexibility index (Phi) is 3.05. The van der Waals surface area contributed by atoms with E-state index in [1.54, 1.807) is 0 Å². The molecule has 0 aliphatic heterocycles. The van der Waals surface area contributed by atoms with E-state index in [1.807, 2.05) is 0 Å². The molecule has 2 aromatic rings. The van der Waals surface area contributed by atoms with Gasteiger partial charge in [0.05, 0.1) is 0 Å². The Bertz CT molecular complexity index is 440. The van der Waals surface area contributed by atoms with Gasteiger partial charge in [-0.2, -0.15) is 0 Å². The van der Waals surface area contributed by atoms with Gasteiger partial charge in [-0.3, -0.25) is 0 Å². The van der Waals surface area contributed by atoms with Crippen molar-refractivity contribution in [2.45, 2.75) is 26.7 Å². The van der Waals surface area contributed by atoms with Crippen molar-refractivity contribution in [1.29, 1.82) is 0 Å². The van der Waals surface area contributed by atoms with Crippen LogP contribution in [-0.2, 0) is 6.42 Å². The zero-order valence-electron chi connectivity index (χ0n) is 9.46. The summed E-state index contributed by atoms with van der Waals surface area (Å²) in [6.07, 6.45) is 2.39. The van der Waals surface area contributed by atoms with Crippen molar-refractivity contribution in [3.05, 3.63) is 48.0 Å². The molecule has 0 aromatic heterocycles. The third-order valence-corrected chi connectivity index (χ3v) is 2.71. The highest BCUT2D eigenvalue weighted by Gasteiger charge is 1.99. The Balaban J connectivity index is 2.23. The van der Waals surface area contributed by atoms with Crippen molar-refractivity contribution in [1.82, 2.24) is 0 Å². The maximum absolute atomic E-state index is 3.48. The molecule has 0 fully saturated rings. The van der Waals surface area contributed by atoms with E-state index in [0.29, 0.717) is 0 Å². The van der Waals surface area contributed by atoms with Gasteiger partial charge in [-0.05, 0) is 41.2 Å². The standard InChI is InChI=1S/C15H17/c1-12(2)7-8-13-9-10-14-5-3-4-6-15(14)11-13/h3-6,9-10,12H,7-8H2,1-2H3. The molecule has 0 nitrogen and oxygen atoms in total. The van der Waals surface area contributed by atoms with E-state index in [-0.39, 0.29) is 0 Å². The normalized spacial score (nSPS) is 11.1. The van der Waals surface area contributed by atoms with E-state index in [2.05, 4.69) is 56.3 Å². The molecule has 0 saturated heterocycles. The molecule has 0 N–H and O–H groups in total. The Hall–Kier alpha value is -1.30. The molecule has 77 valence electrons. The van der Waals surface area contributed by atoms with Crippen LogP contribution in [0.4, 0.5) is 0 Å². The summed E-state index contributed by atoms with van der Waals surface area (Å²) in [6.45, 7) is 4.53. The third kappa shape index (κ3) is 2.59. The second-order valence-corrected chi connectivity index (χ2v) is 4.50. The molecule has 0 saturated carbocycles. The van der Waals surface area contributed by atoms with Gasteiger partial charge >= 0.3 is 0 Å². The van der Waals surface area contributed by atoms with Crippen LogP contribution in [0.5, 0.6) is 0 Å². The van der Waals surface area contributed by atoms with E-state index in [0.717, 1.165) is 12.3 Å². The summed E-state index contributed by atoms with van der Waals surface area (Å²) in [5.74, 6) is 0.768. The van der Waals surface area contributed by atoms with Crippen LogP contribution in [0.15, 0.2) is 36.4 Å². The van der Waals surface area contributed by atoms with Gasteiger partial charge in [0.25, 0.3) is 0 Å². The monoisotopic (exact) mass is 197 g/mol. The fraction of sp³-hybridized carbons (Fsp3) is 0.333. The first kappa shape index (κ1) is 10.2. The molecule has 0 unspecified atom stereocenters. The largest absolute Gasteiger partial charge is 0.0628 e. The second-order valence-electron chi connectivity index (χ2n) is 4.50. The summed E-state index contributed by atoms with van der Waals surface area (Å²) >= 11 is 0. The number of hydrogen-bond acceptors (Lipinski definition) is 0. The fourth-order valence-electron chi connectivity index (χ4n) is 1.75. The zero-order valence-corrected chi connectivity index (χ0v) is 9.46. The molecule has 15 heavy (non-hydrogen) atoms. The summed E-state index contributed by atoms with van der Waals surface area (Å²) in [4.78, 5) is 0. The van der Waals surface area contributed by atoms with Crippen molar-refractivity contribution in [2.24, 2.45) is 5.92 Å². The first-order valence-corrected chi connectivity index (χ1v) is 5.65. The van der Waals surface area contributed by atoms with Crippen LogP contribution in [0.2, 0.25) is 0 Å². The van der Waals surface area contributed by atoms with Crippen molar-refractivity contribution in [2.75, 3.05) is 0 Å². The van der Waals surface area contributed by atoms with Gasteiger partial charge in [0.2, 0.25) is 0 Å². The lowest BCUT2D eigenvalue weighted by Gasteiger charge is -2.05. The first-order chi connectivity index (χ1) is 7.25. The van der Waals surface area contributed by atoms with Gasteiger partial charge in [-0.15, -0.1) is 0 Å². The van der Waals surface area contributed by atoms with Gasteiger partial charge < -0.3 is 0 Å². The average molecular weight is 197 g/mol. The van der Waals surface area contributed by atoms with E-state index in [4.69, 9.17) is 0 Å².